The normalized spacial score (nSPS) is 11.9. The van der Waals surface area contributed by atoms with Gasteiger partial charge in [-0.25, -0.2) is 9.78 Å². The van der Waals surface area contributed by atoms with Crippen LogP contribution in [-0.2, 0) is 0 Å². The molecule has 0 amide bonds. The summed E-state index contributed by atoms with van der Waals surface area (Å²) in [5.41, 5.74) is 2.11. The summed E-state index contributed by atoms with van der Waals surface area (Å²) in [5, 5.41) is 0.927. The molecule has 5 nitrogen and oxygen atoms in total. The molecule has 3 aromatic rings. The minimum Gasteiger partial charge on any atom is -0.346 e. The highest BCUT2D eigenvalue weighted by Gasteiger charge is 2.33. The Hall–Kier alpha value is -2.77. The first-order valence-corrected chi connectivity index (χ1v) is 7.58. The molecule has 8 heteroatoms. The monoisotopic (exact) mass is 354 g/mol. The van der Waals surface area contributed by atoms with Crippen LogP contribution in [0.5, 0.6) is 0 Å². The molecular formula is C17H21F3N4O. The summed E-state index contributed by atoms with van der Waals surface area (Å²) < 4.78 is 34.1. The number of aromatic amines is 3. The fourth-order valence-electron chi connectivity index (χ4n) is 1.64. The molecule has 136 valence electrons. The predicted molar refractivity (Wildman–Crippen MR) is 94.5 cm³/mol. The average molecular weight is 354 g/mol. The zero-order chi connectivity index (χ0) is 19.0. The van der Waals surface area contributed by atoms with Crippen LogP contribution in [0.2, 0.25) is 0 Å². The largest absolute Gasteiger partial charge is 0.394 e. The summed E-state index contributed by atoms with van der Waals surface area (Å²) in [4.78, 5) is 23.5. The molecule has 0 radical (unpaired) electrons. The summed E-state index contributed by atoms with van der Waals surface area (Å²) in [6.07, 6.45) is 3.15. The zero-order valence-electron chi connectivity index (χ0n) is 14.1. The topological polar surface area (TPSA) is 77.3 Å². The van der Waals surface area contributed by atoms with E-state index in [1.807, 2.05) is 12.1 Å². The average Bonchev–Trinajstić information content (AvgIpc) is 3.18. The van der Waals surface area contributed by atoms with Crippen molar-refractivity contribution in [3.05, 3.63) is 54.3 Å². The smallest absolute Gasteiger partial charge is 0.346 e. The second-order valence-corrected chi connectivity index (χ2v) is 5.13. The van der Waals surface area contributed by atoms with Gasteiger partial charge in [-0.3, -0.25) is 0 Å². The molecule has 3 rings (SSSR count). The number of alkyl halides is 3. The first-order valence-electron chi connectivity index (χ1n) is 7.58. The Bertz CT molecular complexity index is 873. The third-order valence-electron chi connectivity index (χ3n) is 3.23. The van der Waals surface area contributed by atoms with E-state index in [4.69, 9.17) is 0 Å². The molecule has 25 heavy (non-hydrogen) atoms. The number of hydrogen-bond donors (Lipinski definition) is 3. The van der Waals surface area contributed by atoms with Crippen molar-refractivity contribution in [2.45, 2.75) is 26.4 Å². The number of halogens is 3. The van der Waals surface area contributed by atoms with Gasteiger partial charge in [0.15, 0.2) is 0 Å². The highest BCUT2D eigenvalue weighted by atomic mass is 19.4. The molecule has 0 aliphatic rings. The number of H-pyrrole nitrogens is 3. The lowest BCUT2D eigenvalue weighted by Gasteiger charge is -2.08. The molecule has 0 spiro atoms. The van der Waals surface area contributed by atoms with Gasteiger partial charge in [0.2, 0.25) is 0 Å². The fraction of sp³-hybridized carbons (Fsp3) is 0.294. The first kappa shape index (κ1) is 20.3. The summed E-state index contributed by atoms with van der Waals surface area (Å²) in [7, 11) is 0. The van der Waals surface area contributed by atoms with Crippen LogP contribution in [0, 0.1) is 5.92 Å². The Kier molecular flexibility index (Phi) is 7.22. The Morgan fingerprint density at radius 2 is 1.96 bits per heavy atom. The molecule has 0 aromatic carbocycles. The third-order valence-corrected chi connectivity index (χ3v) is 3.23. The van der Waals surface area contributed by atoms with E-state index in [9.17, 15) is 18.0 Å². The standard InChI is InChI=1S/C8H6N4O.C5H7F3.C4H8/c13-8-11-5-3-10-7-4(1-2-9-7)6(5)12-8;1-3-4(2)5(6,7)8;1-3-4-2/h1-3H,(H,9,10)(H2,11,12,13);3-4H,1H2,2H3;3H,1,4H2,2H3. The Balaban J connectivity index is 0.000000226. The van der Waals surface area contributed by atoms with Crippen LogP contribution in [0.1, 0.15) is 20.3 Å². The molecule has 0 aliphatic carbocycles. The maximum absolute atomic E-state index is 11.4. The van der Waals surface area contributed by atoms with Crippen molar-refractivity contribution in [1.82, 2.24) is 19.9 Å². The van der Waals surface area contributed by atoms with Gasteiger partial charge in [-0.2, -0.15) is 13.2 Å². The van der Waals surface area contributed by atoms with Gasteiger partial charge in [-0.15, -0.1) is 13.2 Å². The summed E-state index contributed by atoms with van der Waals surface area (Å²) in [6, 6.07) is 1.88. The van der Waals surface area contributed by atoms with Gasteiger partial charge in [-0.05, 0) is 12.5 Å². The van der Waals surface area contributed by atoms with Crippen LogP contribution in [0.3, 0.4) is 0 Å². The number of imidazole rings is 1. The van der Waals surface area contributed by atoms with E-state index in [0.29, 0.717) is 0 Å². The minimum atomic E-state index is -4.11. The van der Waals surface area contributed by atoms with Gasteiger partial charge in [0.05, 0.1) is 23.1 Å². The number of allylic oxidation sites excluding steroid dienone is 2. The molecule has 0 saturated carbocycles. The SMILES string of the molecule is C=CC(C)C(F)(F)F.C=CCC.O=c1[nH]c2cnc3[nH]ccc3c2[nH]1. The van der Waals surface area contributed by atoms with E-state index in [1.165, 1.54) is 0 Å². The number of nitrogens with zero attached hydrogens (tertiary/aromatic N) is 1. The van der Waals surface area contributed by atoms with Crippen LogP contribution in [0.25, 0.3) is 22.1 Å². The predicted octanol–water partition coefficient (Wildman–Crippen LogP) is 4.69. The van der Waals surface area contributed by atoms with Crippen molar-refractivity contribution in [2.75, 3.05) is 0 Å². The van der Waals surface area contributed by atoms with Crippen molar-refractivity contribution in [3.63, 3.8) is 0 Å². The van der Waals surface area contributed by atoms with E-state index in [1.54, 1.807) is 12.4 Å². The highest BCUT2D eigenvalue weighted by Crippen LogP contribution is 2.25. The maximum Gasteiger partial charge on any atom is 0.394 e. The number of nitrogens with one attached hydrogen (secondary N) is 3. The molecule has 3 N–H and O–H groups in total. The van der Waals surface area contributed by atoms with Gasteiger partial charge in [-0.1, -0.05) is 26.0 Å². The molecular weight excluding hydrogens is 333 g/mol. The van der Waals surface area contributed by atoms with Crippen molar-refractivity contribution in [2.24, 2.45) is 5.92 Å². The molecule has 0 aliphatic heterocycles. The van der Waals surface area contributed by atoms with Gasteiger partial charge >= 0.3 is 11.9 Å². The van der Waals surface area contributed by atoms with Crippen LogP contribution >= 0.6 is 0 Å². The van der Waals surface area contributed by atoms with E-state index < -0.39 is 12.1 Å². The van der Waals surface area contributed by atoms with Crippen LogP contribution in [0.15, 0.2) is 48.6 Å². The number of rotatable bonds is 2. The van der Waals surface area contributed by atoms with Gasteiger partial charge in [0.25, 0.3) is 0 Å². The number of aromatic nitrogens is 4. The van der Waals surface area contributed by atoms with Gasteiger partial charge < -0.3 is 15.0 Å². The van der Waals surface area contributed by atoms with Crippen molar-refractivity contribution >= 4 is 22.1 Å². The lowest BCUT2D eigenvalue weighted by molar-refractivity contribution is -0.156. The summed E-state index contributed by atoms with van der Waals surface area (Å²) >= 11 is 0. The molecule has 1 unspecified atom stereocenters. The Morgan fingerprint density at radius 1 is 1.32 bits per heavy atom. The fourth-order valence-corrected chi connectivity index (χ4v) is 1.64. The lowest BCUT2D eigenvalue weighted by Crippen LogP contribution is -2.16. The van der Waals surface area contributed by atoms with E-state index in [-0.39, 0.29) is 5.69 Å². The van der Waals surface area contributed by atoms with Crippen LogP contribution in [-0.4, -0.2) is 26.1 Å². The highest BCUT2D eigenvalue weighted by molar-refractivity contribution is 6.00. The molecule has 3 aromatic heterocycles. The first-order chi connectivity index (χ1) is 11.7. The lowest BCUT2D eigenvalue weighted by atomic mass is 10.2. The van der Waals surface area contributed by atoms with Crippen molar-refractivity contribution in [3.8, 4) is 0 Å². The third kappa shape index (κ3) is 5.66. The Labute approximate surface area is 142 Å². The Morgan fingerprint density at radius 3 is 2.44 bits per heavy atom. The second kappa shape index (κ2) is 8.91. The second-order valence-electron chi connectivity index (χ2n) is 5.13. The molecule has 3 heterocycles. The number of pyridine rings is 1. The summed E-state index contributed by atoms with van der Waals surface area (Å²) in [5.74, 6) is -1.39. The van der Waals surface area contributed by atoms with E-state index in [2.05, 4.69) is 40.0 Å². The molecule has 0 bridgehead atoms. The minimum absolute atomic E-state index is 0.203. The molecule has 1 atom stereocenters. The molecule has 0 fully saturated rings. The van der Waals surface area contributed by atoms with Crippen molar-refractivity contribution < 1.29 is 13.2 Å². The van der Waals surface area contributed by atoms with E-state index >= 15 is 0 Å². The number of fused-ring (bicyclic) bond motifs is 3. The zero-order valence-corrected chi connectivity index (χ0v) is 14.1. The van der Waals surface area contributed by atoms with Gasteiger partial charge in [0, 0.05) is 11.6 Å². The van der Waals surface area contributed by atoms with Crippen LogP contribution in [0.4, 0.5) is 13.2 Å². The summed E-state index contributed by atoms with van der Waals surface area (Å²) in [6.45, 7) is 9.61. The quantitative estimate of drug-likeness (QED) is 0.584. The number of hydrogen-bond acceptors (Lipinski definition) is 2. The van der Waals surface area contributed by atoms with Crippen molar-refractivity contribution in [1.29, 1.82) is 0 Å². The van der Waals surface area contributed by atoms with Gasteiger partial charge in [0.1, 0.15) is 5.65 Å². The van der Waals surface area contributed by atoms with E-state index in [0.717, 1.165) is 41.5 Å². The molecule has 0 saturated heterocycles. The van der Waals surface area contributed by atoms with Crippen LogP contribution < -0.4 is 5.69 Å². The maximum atomic E-state index is 11.4.